The first-order chi connectivity index (χ1) is 11.9. The van der Waals surface area contributed by atoms with Crippen molar-refractivity contribution in [2.75, 3.05) is 16.8 Å². The fourth-order valence-corrected chi connectivity index (χ4v) is 2.98. The molecule has 2 aromatic rings. The Morgan fingerprint density at radius 2 is 1.92 bits per heavy atom. The molecule has 0 spiro atoms. The average molecular weight is 365 g/mol. The highest BCUT2D eigenvalue weighted by Gasteiger charge is 2.37. The zero-order valence-electron chi connectivity index (χ0n) is 13.4. The van der Waals surface area contributed by atoms with E-state index in [0.29, 0.717) is 10.7 Å². The Hall–Kier alpha value is -2.47. The fraction of sp³-hybridized carbons (Fsp3) is 0.222. The molecule has 1 fully saturated rings. The normalized spacial score (nSPS) is 17.0. The Kier molecular flexibility index (Phi) is 4.72. The molecular formula is C18H15ClF2N2O2. The summed E-state index contributed by atoms with van der Waals surface area (Å²) in [4.78, 5) is 25.6. The molecule has 1 atom stereocenters. The third-order valence-corrected chi connectivity index (χ3v) is 4.40. The third kappa shape index (κ3) is 3.49. The monoisotopic (exact) mass is 364 g/mol. The molecule has 7 heteroatoms. The van der Waals surface area contributed by atoms with Crippen LogP contribution in [0.1, 0.15) is 12.0 Å². The van der Waals surface area contributed by atoms with E-state index in [1.807, 2.05) is 6.92 Å². The molecule has 1 aliphatic rings. The molecule has 1 saturated heterocycles. The lowest BCUT2D eigenvalue weighted by atomic mass is 10.1. The van der Waals surface area contributed by atoms with Gasteiger partial charge in [0, 0.05) is 23.7 Å². The van der Waals surface area contributed by atoms with Crippen molar-refractivity contribution in [2.45, 2.75) is 13.3 Å². The largest absolute Gasteiger partial charge is 0.325 e. The third-order valence-electron chi connectivity index (χ3n) is 4.16. The van der Waals surface area contributed by atoms with E-state index in [-0.39, 0.29) is 13.0 Å². The van der Waals surface area contributed by atoms with Gasteiger partial charge in [0.05, 0.1) is 5.92 Å². The molecule has 0 radical (unpaired) electrons. The average Bonchev–Trinajstić information content (AvgIpc) is 2.93. The van der Waals surface area contributed by atoms with E-state index in [4.69, 9.17) is 11.6 Å². The Balaban J connectivity index is 1.78. The van der Waals surface area contributed by atoms with Gasteiger partial charge < -0.3 is 10.2 Å². The SMILES string of the molecule is Cc1ccc(Cl)cc1NC(=O)C1CC(=O)N(c2c(F)cccc2F)C1. The molecule has 130 valence electrons. The molecule has 1 heterocycles. The molecule has 0 aliphatic carbocycles. The van der Waals surface area contributed by atoms with E-state index in [1.54, 1.807) is 18.2 Å². The van der Waals surface area contributed by atoms with Crippen molar-refractivity contribution >= 4 is 34.8 Å². The number of rotatable bonds is 3. The second-order valence-electron chi connectivity index (χ2n) is 5.92. The van der Waals surface area contributed by atoms with Crippen molar-refractivity contribution < 1.29 is 18.4 Å². The van der Waals surface area contributed by atoms with Crippen molar-refractivity contribution in [3.05, 3.63) is 58.6 Å². The number of nitrogens with one attached hydrogen (secondary N) is 1. The van der Waals surface area contributed by atoms with Gasteiger partial charge in [-0.05, 0) is 36.8 Å². The molecule has 25 heavy (non-hydrogen) atoms. The zero-order chi connectivity index (χ0) is 18.1. The van der Waals surface area contributed by atoms with Gasteiger partial charge in [0.2, 0.25) is 11.8 Å². The van der Waals surface area contributed by atoms with Crippen LogP contribution >= 0.6 is 11.6 Å². The van der Waals surface area contributed by atoms with Crippen LogP contribution in [0.25, 0.3) is 0 Å². The molecule has 0 bridgehead atoms. The van der Waals surface area contributed by atoms with E-state index < -0.39 is 35.1 Å². The Morgan fingerprint density at radius 1 is 1.24 bits per heavy atom. The lowest BCUT2D eigenvalue weighted by Gasteiger charge is -2.18. The first-order valence-electron chi connectivity index (χ1n) is 7.68. The number of nitrogens with zero attached hydrogens (tertiary/aromatic N) is 1. The quantitative estimate of drug-likeness (QED) is 0.897. The molecule has 2 aromatic carbocycles. The van der Waals surface area contributed by atoms with Crippen molar-refractivity contribution in [3.63, 3.8) is 0 Å². The minimum Gasteiger partial charge on any atom is -0.325 e. The molecule has 0 saturated carbocycles. The summed E-state index contributed by atoms with van der Waals surface area (Å²) in [6.07, 6.45) is -0.112. The maximum atomic E-state index is 13.9. The summed E-state index contributed by atoms with van der Waals surface area (Å²) < 4.78 is 27.8. The minimum atomic E-state index is -0.833. The van der Waals surface area contributed by atoms with Gasteiger partial charge in [-0.3, -0.25) is 9.59 Å². The maximum Gasteiger partial charge on any atom is 0.229 e. The second kappa shape index (κ2) is 6.80. The highest BCUT2D eigenvalue weighted by molar-refractivity contribution is 6.31. The van der Waals surface area contributed by atoms with Crippen molar-refractivity contribution in [1.29, 1.82) is 0 Å². The number of amides is 2. The molecule has 0 aromatic heterocycles. The van der Waals surface area contributed by atoms with Crippen LogP contribution in [-0.4, -0.2) is 18.4 Å². The van der Waals surface area contributed by atoms with Gasteiger partial charge in [-0.25, -0.2) is 8.78 Å². The first kappa shape index (κ1) is 17.4. The summed E-state index contributed by atoms with van der Waals surface area (Å²) in [5.41, 5.74) is 0.946. The first-order valence-corrected chi connectivity index (χ1v) is 8.06. The summed E-state index contributed by atoms with van der Waals surface area (Å²) in [6, 6.07) is 8.45. The smallest absolute Gasteiger partial charge is 0.229 e. The van der Waals surface area contributed by atoms with Crippen LogP contribution in [0.15, 0.2) is 36.4 Å². The predicted molar refractivity (Wildman–Crippen MR) is 91.6 cm³/mol. The second-order valence-corrected chi connectivity index (χ2v) is 6.36. The molecule has 1 N–H and O–H groups in total. The number of carbonyl (C=O) groups is 2. The van der Waals surface area contributed by atoms with E-state index in [0.717, 1.165) is 22.6 Å². The van der Waals surface area contributed by atoms with Crippen LogP contribution in [0.5, 0.6) is 0 Å². The van der Waals surface area contributed by atoms with Crippen LogP contribution in [0.2, 0.25) is 5.02 Å². The van der Waals surface area contributed by atoms with Gasteiger partial charge in [-0.2, -0.15) is 0 Å². The molecule has 4 nitrogen and oxygen atoms in total. The zero-order valence-corrected chi connectivity index (χ0v) is 14.1. The Morgan fingerprint density at radius 3 is 2.60 bits per heavy atom. The molecular weight excluding hydrogens is 350 g/mol. The summed E-state index contributed by atoms with van der Waals surface area (Å²) >= 11 is 5.92. The van der Waals surface area contributed by atoms with Gasteiger partial charge >= 0.3 is 0 Å². The van der Waals surface area contributed by atoms with E-state index in [1.165, 1.54) is 6.07 Å². The van der Waals surface area contributed by atoms with Gasteiger partial charge in [0.15, 0.2) is 0 Å². The highest BCUT2D eigenvalue weighted by Crippen LogP contribution is 2.30. The van der Waals surface area contributed by atoms with E-state index in [9.17, 15) is 18.4 Å². The highest BCUT2D eigenvalue weighted by atomic mass is 35.5. The number of carbonyl (C=O) groups excluding carboxylic acids is 2. The lowest BCUT2D eigenvalue weighted by molar-refractivity contribution is -0.122. The summed E-state index contributed by atoms with van der Waals surface area (Å²) in [5, 5.41) is 3.20. The number of hydrogen-bond donors (Lipinski definition) is 1. The van der Waals surface area contributed by atoms with Crippen molar-refractivity contribution in [2.24, 2.45) is 5.92 Å². The van der Waals surface area contributed by atoms with E-state index in [2.05, 4.69) is 5.32 Å². The Bertz CT molecular complexity index is 837. The lowest BCUT2D eigenvalue weighted by Crippen LogP contribution is -2.29. The van der Waals surface area contributed by atoms with Crippen LogP contribution in [-0.2, 0) is 9.59 Å². The summed E-state index contributed by atoms with van der Waals surface area (Å²) in [7, 11) is 0. The number of anilines is 2. The minimum absolute atomic E-state index is 0.0812. The maximum absolute atomic E-state index is 13.9. The van der Waals surface area contributed by atoms with Crippen LogP contribution in [0.3, 0.4) is 0 Å². The van der Waals surface area contributed by atoms with Gasteiger partial charge in [-0.15, -0.1) is 0 Å². The molecule has 3 rings (SSSR count). The number of benzene rings is 2. The molecule has 1 aliphatic heterocycles. The standard InChI is InChI=1S/C18H15ClF2N2O2/c1-10-5-6-12(19)8-15(10)22-18(25)11-7-16(24)23(9-11)17-13(20)3-2-4-14(17)21/h2-6,8,11H,7,9H2,1H3,(H,22,25). The van der Waals surface area contributed by atoms with Crippen LogP contribution in [0, 0.1) is 24.5 Å². The number of aryl methyl sites for hydroxylation is 1. The van der Waals surface area contributed by atoms with Crippen molar-refractivity contribution in [1.82, 2.24) is 0 Å². The van der Waals surface area contributed by atoms with Crippen molar-refractivity contribution in [3.8, 4) is 0 Å². The van der Waals surface area contributed by atoms with Gasteiger partial charge in [0.1, 0.15) is 17.3 Å². The number of para-hydroxylation sites is 1. The number of hydrogen-bond acceptors (Lipinski definition) is 2. The van der Waals surface area contributed by atoms with E-state index >= 15 is 0 Å². The van der Waals surface area contributed by atoms with Gasteiger partial charge in [0.25, 0.3) is 0 Å². The fourth-order valence-electron chi connectivity index (χ4n) is 2.81. The number of halogens is 3. The molecule has 1 unspecified atom stereocenters. The predicted octanol–water partition coefficient (Wildman–Crippen LogP) is 3.92. The van der Waals surface area contributed by atoms with Gasteiger partial charge in [-0.1, -0.05) is 23.7 Å². The topological polar surface area (TPSA) is 49.4 Å². The Labute approximate surface area is 148 Å². The molecule has 2 amide bonds. The van der Waals surface area contributed by atoms with Crippen LogP contribution in [0.4, 0.5) is 20.2 Å². The summed E-state index contributed by atoms with van der Waals surface area (Å²) in [6.45, 7) is 1.73. The van der Waals surface area contributed by atoms with Crippen LogP contribution < -0.4 is 10.2 Å². The summed E-state index contributed by atoms with van der Waals surface area (Å²) in [5.74, 6) is -3.25.